The standard InChI is InChI=1S/C29H25F2N5O6/c30-20-7-3-1-5-17(20)11-25(38)40-14-19-27(41-26(39)12-18-6-2-4-8-21(18)31)23(13-37)42-29(19,15-32)24-10-9-22-28(33)34-16-35-36(22)24/h1-10,16,19,23,27,37H,11-14H2,(H2,33,34,35)/t19-,23-,27+,29-/m1/s1. The van der Waals surface area contributed by atoms with Gasteiger partial charge in [-0.15, -0.1) is 0 Å². The largest absolute Gasteiger partial charge is 0.465 e. The summed E-state index contributed by atoms with van der Waals surface area (Å²) in [4.78, 5) is 29.7. The minimum Gasteiger partial charge on any atom is -0.465 e. The first-order chi connectivity index (χ1) is 20.3. The molecule has 216 valence electrons. The number of carbonyl (C=O) groups excluding carboxylic acids is 2. The van der Waals surface area contributed by atoms with Crippen molar-refractivity contribution in [3.8, 4) is 6.07 Å². The Bertz CT molecular complexity index is 1670. The number of rotatable bonds is 9. The molecular formula is C29H25F2N5O6. The Balaban J connectivity index is 1.49. The number of nitrogens with zero attached hydrogens (tertiary/aromatic N) is 4. The molecule has 0 unspecified atom stereocenters. The second-order valence-electron chi connectivity index (χ2n) is 9.63. The molecule has 1 aliphatic rings. The van der Waals surface area contributed by atoms with Gasteiger partial charge in [0.1, 0.15) is 48.4 Å². The molecule has 3 N–H and O–H groups in total. The van der Waals surface area contributed by atoms with Crippen molar-refractivity contribution >= 4 is 23.3 Å². The third kappa shape index (κ3) is 5.37. The van der Waals surface area contributed by atoms with Gasteiger partial charge >= 0.3 is 11.9 Å². The molecule has 1 fully saturated rings. The highest BCUT2D eigenvalue weighted by Crippen LogP contribution is 2.46. The Labute approximate surface area is 238 Å². The van der Waals surface area contributed by atoms with Gasteiger partial charge in [-0.2, -0.15) is 10.4 Å². The van der Waals surface area contributed by atoms with Crippen LogP contribution in [0.5, 0.6) is 0 Å². The van der Waals surface area contributed by atoms with E-state index in [1.807, 2.05) is 0 Å². The van der Waals surface area contributed by atoms with E-state index in [0.717, 1.165) is 0 Å². The van der Waals surface area contributed by atoms with E-state index in [9.17, 15) is 28.7 Å². The molecule has 5 rings (SSSR count). The smallest absolute Gasteiger partial charge is 0.310 e. The van der Waals surface area contributed by atoms with Gasteiger partial charge in [0, 0.05) is 0 Å². The zero-order valence-electron chi connectivity index (χ0n) is 22.0. The molecular weight excluding hydrogens is 552 g/mol. The van der Waals surface area contributed by atoms with Gasteiger partial charge in [0.25, 0.3) is 0 Å². The first-order valence-electron chi connectivity index (χ1n) is 12.9. The summed E-state index contributed by atoms with van der Waals surface area (Å²) in [6.07, 6.45) is -2.24. The molecule has 4 atom stereocenters. The fourth-order valence-electron chi connectivity index (χ4n) is 5.07. The number of aliphatic hydroxyl groups excluding tert-OH is 1. The summed E-state index contributed by atoms with van der Waals surface area (Å²) >= 11 is 0. The van der Waals surface area contributed by atoms with Crippen molar-refractivity contribution in [3.63, 3.8) is 0 Å². The van der Waals surface area contributed by atoms with Crippen LogP contribution in [0.15, 0.2) is 67.0 Å². The summed E-state index contributed by atoms with van der Waals surface area (Å²) in [5, 5.41) is 24.9. The van der Waals surface area contributed by atoms with Crippen LogP contribution in [0.3, 0.4) is 0 Å². The number of hydrogen-bond acceptors (Lipinski definition) is 10. The predicted octanol–water partition coefficient (Wildman–Crippen LogP) is 2.26. The number of nitrogens with two attached hydrogens (primary N) is 1. The van der Waals surface area contributed by atoms with Crippen LogP contribution in [0.4, 0.5) is 14.6 Å². The van der Waals surface area contributed by atoms with Crippen LogP contribution in [-0.2, 0) is 42.2 Å². The Hall–Kier alpha value is -4.93. The third-order valence-corrected chi connectivity index (χ3v) is 7.11. The zero-order chi connectivity index (χ0) is 29.9. The van der Waals surface area contributed by atoms with Gasteiger partial charge in [-0.25, -0.2) is 18.3 Å². The summed E-state index contributed by atoms with van der Waals surface area (Å²) in [6.45, 7) is -1.20. The normalized spacial score (nSPS) is 21.6. The number of ether oxygens (including phenoxy) is 3. The quantitative estimate of drug-likeness (QED) is 0.282. The van der Waals surface area contributed by atoms with Crippen molar-refractivity contribution in [2.75, 3.05) is 18.9 Å². The number of benzene rings is 2. The topological polar surface area (TPSA) is 162 Å². The number of nitriles is 1. The fraction of sp³-hybridized carbons (Fsp3) is 0.276. The van der Waals surface area contributed by atoms with Crippen LogP contribution >= 0.6 is 0 Å². The van der Waals surface area contributed by atoms with E-state index in [4.69, 9.17) is 19.9 Å². The van der Waals surface area contributed by atoms with Gasteiger partial charge < -0.3 is 25.1 Å². The minimum absolute atomic E-state index is 0.0751. The average Bonchev–Trinajstić information content (AvgIpc) is 3.55. The molecule has 0 bridgehead atoms. The van der Waals surface area contributed by atoms with E-state index in [1.54, 1.807) is 18.2 Å². The molecule has 42 heavy (non-hydrogen) atoms. The van der Waals surface area contributed by atoms with Crippen LogP contribution in [0.25, 0.3) is 5.52 Å². The van der Waals surface area contributed by atoms with Gasteiger partial charge in [0.2, 0.25) is 5.60 Å². The number of anilines is 1. The van der Waals surface area contributed by atoms with Crippen molar-refractivity contribution < 1.29 is 37.7 Å². The molecule has 4 aromatic rings. The molecule has 2 aromatic carbocycles. The van der Waals surface area contributed by atoms with Crippen molar-refractivity contribution in [1.29, 1.82) is 5.26 Å². The predicted molar refractivity (Wildman–Crippen MR) is 141 cm³/mol. The monoisotopic (exact) mass is 577 g/mol. The zero-order valence-corrected chi connectivity index (χ0v) is 22.0. The van der Waals surface area contributed by atoms with E-state index in [0.29, 0.717) is 5.52 Å². The lowest BCUT2D eigenvalue weighted by Gasteiger charge is -2.28. The number of nitrogen functional groups attached to an aromatic ring is 1. The highest BCUT2D eigenvalue weighted by atomic mass is 19.1. The lowest BCUT2D eigenvalue weighted by molar-refractivity contribution is -0.156. The number of carbonyl (C=O) groups is 2. The van der Waals surface area contributed by atoms with Gasteiger partial charge in [0.15, 0.2) is 5.82 Å². The summed E-state index contributed by atoms with van der Waals surface area (Å²) < 4.78 is 46.9. The van der Waals surface area contributed by atoms with Crippen molar-refractivity contribution in [2.45, 2.75) is 30.7 Å². The Morgan fingerprint density at radius 2 is 1.69 bits per heavy atom. The maximum Gasteiger partial charge on any atom is 0.310 e. The maximum absolute atomic E-state index is 14.2. The number of halogens is 2. The number of aliphatic hydroxyl groups is 1. The van der Waals surface area contributed by atoms with E-state index in [-0.39, 0.29) is 22.6 Å². The van der Waals surface area contributed by atoms with Gasteiger partial charge in [0.05, 0.1) is 31.1 Å². The molecule has 3 heterocycles. The average molecular weight is 578 g/mol. The van der Waals surface area contributed by atoms with Crippen LogP contribution in [-0.4, -0.2) is 57.1 Å². The van der Waals surface area contributed by atoms with Crippen molar-refractivity contribution in [2.24, 2.45) is 5.92 Å². The second kappa shape index (κ2) is 11.9. The Morgan fingerprint density at radius 1 is 1.05 bits per heavy atom. The summed E-state index contributed by atoms with van der Waals surface area (Å²) in [6, 6.07) is 16.5. The van der Waals surface area contributed by atoms with E-state index >= 15 is 0 Å². The molecule has 2 aromatic heterocycles. The van der Waals surface area contributed by atoms with E-state index in [2.05, 4.69) is 16.2 Å². The second-order valence-corrected chi connectivity index (χ2v) is 9.63. The molecule has 0 saturated carbocycles. The number of esters is 2. The lowest BCUT2D eigenvalue weighted by Crippen LogP contribution is -2.42. The molecule has 13 heteroatoms. The molecule has 0 spiro atoms. The SMILES string of the molecule is N#C[C@@]1(c2ccc3c(N)ncnn23)O[C@H](CO)[C@@H](OC(=O)Cc2ccccc2F)[C@H]1COC(=O)Cc1ccccc1F. The first kappa shape index (κ1) is 28.6. The number of aromatic nitrogens is 3. The Kier molecular flexibility index (Phi) is 8.10. The van der Waals surface area contributed by atoms with E-state index < -0.39 is 73.4 Å². The summed E-state index contributed by atoms with van der Waals surface area (Å²) in [7, 11) is 0. The molecule has 1 aliphatic heterocycles. The number of fused-ring (bicyclic) bond motifs is 1. The maximum atomic E-state index is 14.2. The molecule has 0 radical (unpaired) electrons. The molecule has 11 nitrogen and oxygen atoms in total. The van der Waals surface area contributed by atoms with Crippen LogP contribution < -0.4 is 5.73 Å². The summed E-state index contributed by atoms with van der Waals surface area (Å²) in [5.74, 6) is -3.98. The van der Waals surface area contributed by atoms with Crippen molar-refractivity contribution in [1.82, 2.24) is 14.6 Å². The van der Waals surface area contributed by atoms with Gasteiger partial charge in [-0.05, 0) is 35.4 Å². The van der Waals surface area contributed by atoms with Crippen molar-refractivity contribution in [3.05, 3.63) is 95.4 Å². The molecule has 0 aliphatic carbocycles. The molecule has 1 saturated heterocycles. The number of hydrogen-bond donors (Lipinski definition) is 2. The fourth-order valence-corrected chi connectivity index (χ4v) is 5.07. The van der Waals surface area contributed by atoms with Gasteiger partial charge in [-0.1, -0.05) is 36.4 Å². The summed E-state index contributed by atoms with van der Waals surface area (Å²) in [5.41, 5.74) is 4.67. The van der Waals surface area contributed by atoms with Crippen LogP contribution in [0.1, 0.15) is 16.8 Å². The van der Waals surface area contributed by atoms with Crippen LogP contribution in [0, 0.1) is 28.9 Å². The minimum atomic E-state index is -1.97. The Morgan fingerprint density at radius 3 is 2.31 bits per heavy atom. The van der Waals surface area contributed by atoms with Crippen LogP contribution in [0.2, 0.25) is 0 Å². The molecule has 0 amide bonds. The van der Waals surface area contributed by atoms with Gasteiger partial charge in [-0.3, -0.25) is 9.59 Å². The lowest BCUT2D eigenvalue weighted by atomic mass is 9.83. The first-order valence-corrected chi connectivity index (χ1v) is 12.9. The third-order valence-electron chi connectivity index (χ3n) is 7.11. The highest BCUT2D eigenvalue weighted by Gasteiger charge is 2.60. The highest BCUT2D eigenvalue weighted by molar-refractivity contribution is 5.73. The van der Waals surface area contributed by atoms with E-state index in [1.165, 1.54) is 53.3 Å².